The van der Waals surface area contributed by atoms with Crippen molar-refractivity contribution in [2.45, 2.75) is 44.7 Å². The van der Waals surface area contributed by atoms with E-state index >= 15 is 0 Å². The van der Waals surface area contributed by atoms with Crippen molar-refractivity contribution in [2.75, 3.05) is 11.9 Å². The Kier molecular flexibility index (Phi) is 3.31. The Balaban J connectivity index is 1.86. The molecule has 1 saturated carbocycles. The van der Waals surface area contributed by atoms with Gasteiger partial charge in [-0.05, 0) is 30.4 Å². The molecule has 1 amide bonds. The first-order valence-corrected chi connectivity index (χ1v) is 7.28. The zero-order chi connectivity index (χ0) is 13.4. The number of para-hydroxylation sites is 1. The van der Waals surface area contributed by atoms with Crippen LogP contribution in [0.4, 0.5) is 5.69 Å². The van der Waals surface area contributed by atoms with Gasteiger partial charge in [-0.25, -0.2) is 0 Å². The maximum Gasteiger partial charge on any atom is 0.228 e. The van der Waals surface area contributed by atoms with E-state index in [4.69, 9.17) is 0 Å². The van der Waals surface area contributed by atoms with E-state index < -0.39 is 0 Å². The fourth-order valence-corrected chi connectivity index (χ4v) is 3.44. The van der Waals surface area contributed by atoms with Gasteiger partial charge in [0.15, 0.2) is 0 Å². The van der Waals surface area contributed by atoms with E-state index in [2.05, 4.69) is 24.4 Å². The van der Waals surface area contributed by atoms with E-state index in [1.54, 1.807) is 4.90 Å². The van der Waals surface area contributed by atoms with Crippen LogP contribution in [0.15, 0.2) is 24.3 Å². The molecule has 0 radical (unpaired) electrons. The van der Waals surface area contributed by atoms with Crippen LogP contribution in [-0.4, -0.2) is 19.0 Å². The van der Waals surface area contributed by atoms with Gasteiger partial charge in [0.2, 0.25) is 5.91 Å². The highest BCUT2D eigenvalue weighted by molar-refractivity contribution is 5.96. The van der Waals surface area contributed by atoms with Gasteiger partial charge >= 0.3 is 0 Å². The highest BCUT2D eigenvalue weighted by atomic mass is 16.2. The minimum Gasteiger partial charge on any atom is -0.315 e. The second-order valence-electron chi connectivity index (χ2n) is 5.95. The van der Waals surface area contributed by atoms with Crippen molar-refractivity contribution in [3.63, 3.8) is 0 Å². The summed E-state index contributed by atoms with van der Waals surface area (Å²) in [6, 6.07) is 9.01. The van der Waals surface area contributed by atoms with Crippen LogP contribution in [0, 0.1) is 5.92 Å². The molecule has 3 rings (SSSR count). The lowest BCUT2D eigenvalue weighted by Gasteiger charge is -2.34. The zero-order valence-corrected chi connectivity index (χ0v) is 11.7. The number of anilines is 1. The summed E-state index contributed by atoms with van der Waals surface area (Å²) in [5.41, 5.74) is 2.32. The Labute approximate surface area is 115 Å². The quantitative estimate of drug-likeness (QED) is 0.884. The van der Waals surface area contributed by atoms with Gasteiger partial charge in [-0.2, -0.15) is 0 Å². The van der Waals surface area contributed by atoms with Gasteiger partial charge in [-0.15, -0.1) is 0 Å². The number of amides is 1. The molecule has 2 aliphatic rings. The van der Waals surface area contributed by atoms with Gasteiger partial charge in [0.25, 0.3) is 0 Å². The third-order valence-corrected chi connectivity index (χ3v) is 4.70. The third kappa shape index (κ3) is 2.27. The van der Waals surface area contributed by atoms with Crippen molar-refractivity contribution < 1.29 is 4.79 Å². The second-order valence-corrected chi connectivity index (χ2v) is 5.95. The average molecular weight is 258 g/mol. The molecule has 102 valence electrons. The van der Waals surface area contributed by atoms with E-state index in [0.29, 0.717) is 12.5 Å². The van der Waals surface area contributed by atoms with Crippen LogP contribution in [0.1, 0.15) is 44.2 Å². The first kappa shape index (κ1) is 12.7. The summed E-state index contributed by atoms with van der Waals surface area (Å²) < 4.78 is 0. The minimum atomic E-state index is 0.186. The number of rotatable bonds is 2. The smallest absolute Gasteiger partial charge is 0.228 e. The lowest BCUT2D eigenvalue weighted by atomic mass is 9.94. The van der Waals surface area contributed by atoms with E-state index in [9.17, 15) is 4.79 Å². The van der Waals surface area contributed by atoms with Crippen molar-refractivity contribution >= 4 is 11.6 Å². The number of fused-ring (bicyclic) bond motifs is 1. The Morgan fingerprint density at radius 3 is 2.79 bits per heavy atom. The Morgan fingerprint density at radius 2 is 2.05 bits per heavy atom. The van der Waals surface area contributed by atoms with E-state index in [1.165, 1.54) is 24.8 Å². The molecule has 1 fully saturated rings. The SMILES string of the molecule is CC1CCCC1NC1CC(=O)N(C)c2ccccc21. The minimum absolute atomic E-state index is 0.186. The first-order chi connectivity index (χ1) is 9.16. The van der Waals surface area contributed by atoms with Gasteiger partial charge in [0, 0.05) is 31.2 Å². The normalized spacial score (nSPS) is 30.5. The van der Waals surface area contributed by atoms with E-state index in [-0.39, 0.29) is 11.9 Å². The topological polar surface area (TPSA) is 32.3 Å². The number of nitrogens with one attached hydrogen (secondary N) is 1. The predicted molar refractivity (Wildman–Crippen MR) is 77.1 cm³/mol. The van der Waals surface area contributed by atoms with Crippen molar-refractivity contribution in [1.29, 1.82) is 0 Å². The summed E-state index contributed by atoms with van der Waals surface area (Å²) in [5.74, 6) is 0.934. The van der Waals surface area contributed by atoms with Crippen LogP contribution in [-0.2, 0) is 4.79 Å². The van der Waals surface area contributed by atoms with Gasteiger partial charge in [-0.3, -0.25) is 4.79 Å². The first-order valence-electron chi connectivity index (χ1n) is 7.28. The molecule has 0 aromatic heterocycles. The molecule has 0 saturated heterocycles. The molecule has 1 heterocycles. The average Bonchev–Trinajstić information content (AvgIpc) is 2.81. The Hall–Kier alpha value is -1.35. The van der Waals surface area contributed by atoms with Crippen LogP contribution < -0.4 is 10.2 Å². The molecular weight excluding hydrogens is 236 g/mol. The van der Waals surface area contributed by atoms with Crippen LogP contribution >= 0.6 is 0 Å². The van der Waals surface area contributed by atoms with Crippen molar-refractivity contribution in [3.05, 3.63) is 29.8 Å². The van der Waals surface area contributed by atoms with E-state index in [0.717, 1.165) is 11.6 Å². The molecule has 3 atom stereocenters. The molecule has 0 bridgehead atoms. The predicted octanol–water partition coefficient (Wildman–Crippen LogP) is 2.87. The number of carbonyl (C=O) groups is 1. The summed E-state index contributed by atoms with van der Waals surface area (Å²) in [6.45, 7) is 2.31. The number of carbonyl (C=O) groups excluding carboxylic acids is 1. The van der Waals surface area contributed by atoms with Crippen molar-refractivity contribution in [3.8, 4) is 0 Å². The summed E-state index contributed by atoms with van der Waals surface area (Å²) in [7, 11) is 1.87. The van der Waals surface area contributed by atoms with Crippen LogP contribution in [0.3, 0.4) is 0 Å². The molecule has 19 heavy (non-hydrogen) atoms. The monoisotopic (exact) mass is 258 g/mol. The maximum absolute atomic E-state index is 12.1. The maximum atomic E-state index is 12.1. The molecule has 0 spiro atoms. The standard InChI is InChI=1S/C16H22N2O/c1-11-6-5-8-13(11)17-14-10-16(19)18(2)15-9-4-3-7-12(14)15/h3-4,7,9,11,13-14,17H,5-6,8,10H2,1-2H3. The summed E-state index contributed by atoms with van der Waals surface area (Å²) in [4.78, 5) is 13.9. The highest BCUT2D eigenvalue weighted by Gasteiger charge is 2.32. The Morgan fingerprint density at radius 1 is 1.26 bits per heavy atom. The molecular formula is C16H22N2O. The number of nitrogens with zero attached hydrogens (tertiary/aromatic N) is 1. The number of hydrogen-bond acceptors (Lipinski definition) is 2. The van der Waals surface area contributed by atoms with Gasteiger partial charge in [0.05, 0.1) is 0 Å². The molecule has 3 unspecified atom stereocenters. The summed E-state index contributed by atoms with van der Waals surface area (Å²) in [6.07, 6.45) is 4.43. The second kappa shape index (κ2) is 4.97. The molecule has 1 aromatic rings. The Bertz CT molecular complexity index is 485. The van der Waals surface area contributed by atoms with Gasteiger partial charge in [0.1, 0.15) is 0 Å². The van der Waals surface area contributed by atoms with Crippen molar-refractivity contribution in [2.24, 2.45) is 5.92 Å². The van der Waals surface area contributed by atoms with Gasteiger partial charge in [-0.1, -0.05) is 31.5 Å². The number of benzene rings is 1. The largest absolute Gasteiger partial charge is 0.315 e. The van der Waals surface area contributed by atoms with Gasteiger partial charge < -0.3 is 10.2 Å². The van der Waals surface area contributed by atoms with Crippen LogP contribution in [0.25, 0.3) is 0 Å². The summed E-state index contributed by atoms with van der Waals surface area (Å²) in [5, 5.41) is 3.73. The molecule has 1 aromatic carbocycles. The fraction of sp³-hybridized carbons (Fsp3) is 0.562. The fourth-order valence-electron chi connectivity index (χ4n) is 3.44. The molecule has 3 heteroatoms. The molecule has 1 N–H and O–H groups in total. The van der Waals surface area contributed by atoms with Crippen molar-refractivity contribution in [1.82, 2.24) is 5.32 Å². The third-order valence-electron chi connectivity index (χ3n) is 4.70. The lowest BCUT2D eigenvalue weighted by molar-refractivity contribution is -0.119. The molecule has 1 aliphatic carbocycles. The van der Waals surface area contributed by atoms with E-state index in [1.807, 2.05) is 19.2 Å². The lowest BCUT2D eigenvalue weighted by Crippen LogP contribution is -2.42. The summed E-state index contributed by atoms with van der Waals surface area (Å²) >= 11 is 0. The number of hydrogen-bond donors (Lipinski definition) is 1. The van der Waals surface area contributed by atoms with Crippen LogP contribution in [0.2, 0.25) is 0 Å². The molecule has 1 aliphatic heterocycles. The highest BCUT2D eigenvalue weighted by Crippen LogP contribution is 2.35. The zero-order valence-electron chi connectivity index (χ0n) is 11.7. The molecule has 3 nitrogen and oxygen atoms in total. The van der Waals surface area contributed by atoms with Crippen LogP contribution in [0.5, 0.6) is 0 Å².